The molecule has 8 heteroatoms. The molecule has 1 amide bonds. The molecule has 2 atom stereocenters. The van der Waals surface area contributed by atoms with Gasteiger partial charge in [0.2, 0.25) is 17.7 Å². The van der Waals surface area contributed by atoms with Gasteiger partial charge in [-0.05, 0) is 63.8 Å². The SMILES string of the molecule is CC(=O)NC1CCC(C)(COc2ccnc(Nc3ccc(N4C[C@@H](C)O[C@@H](C)C4)cc3)n2)CC1. The van der Waals surface area contributed by atoms with E-state index >= 15 is 0 Å². The monoisotopic (exact) mass is 467 g/mol. The molecule has 0 unspecified atom stereocenters. The maximum Gasteiger partial charge on any atom is 0.230 e. The fourth-order valence-corrected chi connectivity index (χ4v) is 4.90. The summed E-state index contributed by atoms with van der Waals surface area (Å²) >= 11 is 0. The summed E-state index contributed by atoms with van der Waals surface area (Å²) in [6.45, 7) is 10.4. The molecule has 184 valence electrons. The fourth-order valence-electron chi connectivity index (χ4n) is 4.90. The third-order valence-electron chi connectivity index (χ3n) is 6.71. The average molecular weight is 468 g/mol. The third kappa shape index (κ3) is 6.59. The van der Waals surface area contributed by atoms with Crippen molar-refractivity contribution in [3.05, 3.63) is 36.5 Å². The Morgan fingerprint density at radius 2 is 1.82 bits per heavy atom. The Morgan fingerprint density at radius 3 is 2.47 bits per heavy atom. The second kappa shape index (κ2) is 10.6. The van der Waals surface area contributed by atoms with Gasteiger partial charge in [0.1, 0.15) is 0 Å². The smallest absolute Gasteiger partial charge is 0.230 e. The molecular formula is C26H37N5O3. The Morgan fingerprint density at radius 1 is 1.15 bits per heavy atom. The Labute approximate surface area is 202 Å². The first kappa shape index (κ1) is 24.3. The Balaban J connectivity index is 1.30. The molecule has 2 fully saturated rings. The highest BCUT2D eigenvalue weighted by molar-refractivity contribution is 5.73. The molecule has 1 aliphatic carbocycles. The van der Waals surface area contributed by atoms with Gasteiger partial charge >= 0.3 is 0 Å². The molecule has 8 nitrogen and oxygen atoms in total. The summed E-state index contributed by atoms with van der Waals surface area (Å²) in [6.07, 6.45) is 6.16. The quantitative estimate of drug-likeness (QED) is 0.628. The molecule has 1 aromatic carbocycles. The summed E-state index contributed by atoms with van der Waals surface area (Å²) in [5, 5.41) is 6.31. The molecule has 1 aliphatic heterocycles. The molecule has 1 saturated heterocycles. The zero-order chi connectivity index (χ0) is 24.1. The highest BCUT2D eigenvalue weighted by Crippen LogP contribution is 2.36. The van der Waals surface area contributed by atoms with E-state index in [2.05, 4.69) is 58.4 Å². The van der Waals surface area contributed by atoms with Crippen molar-refractivity contribution in [3.8, 4) is 5.88 Å². The van der Waals surface area contributed by atoms with E-state index in [9.17, 15) is 4.79 Å². The lowest BCUT2D eigenvalue weighted by atomic mass is 9.74. The summed E-state index contributed by atoms with van der Waals surface area (Å²) in [4.78, 5) is 22.5. The summed E-state index contributed by atoms with van der Waals surface area (Å²) in [5.41, 5.74) is 2.20. The van der Waals surface area contributed by atoms with Crippen molar-refractivity contribution in [3.63, 3.8) is 0 Å². The van der Waals surface area contributed by atoms with Crippen molar-refractivity contribution >= 4 is 23.2 Å². The van der Waals surface area contributed by atoms with Crippen LogP contribution in [-0.2, 0) is 9.53 Å². The van der Waals surface area contributed by atoms with Gasteiger partial charge in [0.15, 0.2) is 0 Å². The maximum absolute atomic E-state index is 11.3. The Kier molecular flexibility index (Phi) is 7.56. The van der Waals surface area contributed by atoms with E-state index in [4.69, 9.17) is 9.47 Å². The first-order chi connectivity index (χ1) is 16.3. The third-order valence-corrected chi connectivity index (χ3v) is 6.71. The maximum atomic E-state index is 11.3. The molecule has 4 rings (SSSR count). The van der Waals surface area contributed by atoms with Crippen LogP contribution in [0.4, 0.5) is 17.3 Å². The molecule has 34 heavy (non-hydrogen) atoms. The van der Waals surface area contributed by atoms with Crippen LogP contribution in [0.1, 0.15) is 53.4 Å². The summed E-state index contributed by atoms with van der Waals surface area (Å²) in [7, 11) is 0. The minimum Gasteiger partial charge on any atom is -0.477 e. The molecule has 1 saturated carbocycles. The standard InChI is InChI=1S/C26H37N5O3/c1-18-15-31(16-19(2)34-18)23-7-5-21(6-8-23)29-25-27-14-11-24(30-25)33-17-26(4)12-9-22(10-13-26)28-20(3)32/h5-8,11,14,18-19,22H,9-10,12-13,15-17H2,1-4H3,(H,28,32)(H,27,29,30)/t18-,19+,22?,26?. The lowest BCUT2D eigenvalue weighted by Gasteiger charge is -2.37. The van der Waals surface area contributed by atoms with E-state index < -0.39 is 0 Å². The van der Waals surface area contributed by atoms with E-state index in [1.54, 1.807) is 19.2 Å². The zero-order valence-electron chi connectivity index (χ0n) is 20.7. The van der Waals surface area contributed by atoms with Crippen LogP contribution in [0.3, 0.4) is 0 Å². The highest BCUT2D eigenvalue weighted by Gasteiger charge is 2.32. The van der Waals surface area contributed by atoms with Gasteiger partial charge in [0.05, 0.1) is 18.8 Å². The number of amides is 1. The molecule has 2 N–H and O–H groups in total. The number of nitrogens with zero attached hydrogens (tertiary/aromatic N) is 3. The minimum atomic E-state index is 0.0470. The number of morpholine rings is 1. The summed E-state index contributed by atoms with van der Waals surface area (Å²) in [5.74, 6) is 1.12. The van der Waals surface area contributed by atoms with Gasteiger partial charge in [-0.25, -0.2) is 4.98 Å². The van der Waals surface area contributed by atoms with Crippen LogP contribution < -0.4 is 20.3 Å². The Hall–Kier alpha value is -2.87. The molecule has 1 aromatic heterocycles. The number of hydrogen-bond acceptors (Lipinski definition) is 7. The number of nitrogens with one attached hydrogen (secondary N) is 2. The van der Waals surface area contributed by atoms with Gasteiger partial charge in [0, 0.05) is 55.1 Å². The Bertz CT molecular complexity index is 949. The van der Waals surface area contributed by atoms with E-state index in [0.29, 0.717) is 18.4 Å². The van der Waals surface area contributed by atoms with Crippen molar-refractivity contribution < 1.29 is 14.3 Å². The van der Waals surface area contributed by atoms with Crippen molar-refractivity contribution in [2.24, 2.45) is 5.41 Å². The lowest BCUT2D eigenvalue weighted by molar-refractivity contribution is -0.120. The number of rotatable bonds is 7. The molecular weight excluding hydrogens is 430 g/mol. The van der Waals surface area contributed by atoms with Gasteiger partial charge in [-0.1, -0.05) is 6.92 Å². The van der Waals surface area contributed by atoms with Gasteiger partial charge in [-0.2, -0.15) is 4.98 Å². The number of anilines is 3. The molecule has 2 heterocycles. The van der Waals surface area contributed by atoms with E-state index in [1.165, 1.54) is 5.69 Å². The van der Waals surface area contributed by atoms with Gasteiger partial charge in [-0.15, -0.1) is 0 Å². The van der Waals surface area contributed by atoms with E-state index in [0.717, 1.165) is 44.5 Å². The van der Waals surface area contributed by atoms with Crippen molar-refractivity contribution in [1.82, 2.24) is 15.3 Å². The van der Waals surface area contributed by atoms with Crippen LogP contribution in [-0.4, -0.2) is 53.8 Å². The number of aromatic nitrogens is 2. The van der Waals surface area contributed by atoms with Crippen LogP contribution in [0.25, 0.3) is 0 Å². The van der Waals surface area contributed by atoms with Crippen LogP contribution in [0, 0.1) is 5.41 Å². The van der Waals surface area contributed by atoms with Gasteiger partial charge in [0.25, 0.3) is 0 Å². The molecule has 0 radical (unpaired) electrons. The largest absolute Gasteiger partial charge is 0.477 e. The van der Waals surface area contributed by atoms with E-state index in [-0.39, 0.29) is 29.6 Å². The fraction of sp³-hybridized carbons (Fsp3) is 0.577. The summed E-state index contributed by atoms with van der Waals surface area (Å²) in [6, 6.07) is 10.4. The number of carbonyl (C=O) groups excluding carboxylic acids is 1. The molecule has 2 aliphatic rings. The minimum absolute atomic E-state index is 0.0470. The molecule has 2 aromatic rings. The normalized spacial score (nSPS) is 27.2. The van der Waals surface area contributed by atoms with Crippen molar-refractivity contribution in [2.45, 2.75) is 71.6 Å². The predicted molar refractivity (Wildman–Crippen MR) is 134 cm³/mol. The first-order valence-corrected chi connectivity index (χ1v) is 12.3. The van der Waals surface area contributed by atoms with Crippen LogP contribution in [0.15, 0.2) is 36.5 Å². The molecule has 0 bridgehead atoms. The van der Waals surface area contributed by atoms with Gasteiger partial charge < -0.3 is 25.0 Å². The van der Waals surface area contributed by atoms with Gasteiger partial charge in [-0.3, -0.25) is 4.79 Å². The van der Waals surface area contributed by atoms with Crippen LogP contribution in [0.5, 0.6) is 5.88 Å². The van der Waals surface area contributed by atoms with Crippen molar-refractivity contribution in [2.75, 3.05) is 29.9 Å². The van der Waals surface area contributed by atoms with E-state index in [1.807, 2.05) is 12.1 Å². The number of hydrogen-bond donors (Lipinski definition) is 2. The van der Waals surface area contributed by atoms with Crippen LogP contribution >= 0.6 is 0 Å². The van der Waals surface area contributed by atoms with Crippen LogP contribution in [0.2, 0.25) is 0 Å². The number of carbonyl (C=O) groups is 1. The summed E-state index contributed by atoms with van der Waals surface area (Å²) < 4.78 is 11.9. The second-order valence-corrected chi connectivity index (χ2v) is 10.1. The number of ether oxygens (including phenoxy) is 2. The predicted octanol–water partition coefficient (Wildman–Crippen LogP) is 4.30. The average Bonchev–Trinajstić information content (AvgIpc) is 2.79. The topological polar surface area (TPSA) is 88.6 Å². The van der Waals surface area contributed by atoms with Crippen molar-refractivity contribution in [1.29, 1.82) is 0 Å². The highest BCUT2D eigenvalue weighted by atomic mass is 16.5. The zero-order valence-corrected chi connectivity index (χ0v) is 20.7. The second-order valence-electron chi connectivity index (χ2n) is 10.1. The number of benzene rings is 1. The molecule has 0 spiro atoms. The lowest BCUT2D eigenvalue weighted by Crippen LogP contribution is -2.45. The first-order valence-electron chi connectivity index (χ1n) is 12.3.